The highest BCUT2D eigenvalue weighted by Gasteiger charge is 2.42. The van der Waals surface area contributed by atoms with Gasteiger partial charge in [0.05, 0.1) is 17.5 Å². The number of fused-ring (bicyclic) bond motifs is 2. The lowest BCUT2D eigenvalue weighted by Gasteiger charge is -2.38. The Morgan fingerprint density at radius 2 is 1.75 bits per heavy atom. The summed E-state index contributed by atoms with van der Waals surface area (Å²) in [7, 11) is 2.05. The zero-order valence-corrected chi connectivity index (χ0v) is 18.0. The monoisotopic (exact) mass is 430 g/mol. The van der Waals surface area contributed by atoms with Crippen molar-refractivity contribution < 1.29 is 14.4 Å². The summed E-state index contributed by atoms with van der Waals surface area (Å²) in [5.74, 6) is -1.09. The third-order valence-corrected chi connectivity index (χ3v) is 6.55. The molecule has 1 fully saturated rings. The van der Waals surface area contributed by atoms with Crippen molar-refractivity contribution in [2.24, 2.45) is 11.8 Å². The number of amides is 3. The molecule has 0 saturated carbocycles. The Morgan fingerprint density at radius 3 is 2.59 bits per heavy atom. The Labute approximate surface area is 187 Å². The van der Waals surface area contributed by atoms with E-state index >= 15 is 0 Å². The molecule has 1 saturated heterocycles. The van der Waals surface area contributed by atoms with Gasteiger partial charge in [-0.3, -0.25) is 19.8 Å². The van der Waals surface area contributed by atoms with Crippen LogP contribution in [0.2, 0.25) is 0 Å². The molecule has 2 atom stereocenters. The predicted octanol–water partition coefficient (Wildman–Crippen LogP) is 2.74. The fraction of sp³-hybridized carbons (Fsp3) is 0.320. The quantitative estimate of drug-likeness (QED) is 0.744. The van der Waals surface area contributed by atoms with Gasteiger partial charge in [-0.2, -0.15) is 0 Å². The number of nitrogens with zero attached hydrogens (tertiary/aromatic N) is 3. The number of hydrogen-bond donors (Lipinski definition) is 1. The average molecular weight is 431 g/mol. The van der Waals surface area contributed by atoms with Crippen LogP contribution in [0.25, 0.3) is 0 Å². The lowest BCUT2D eigenvalue weighted by atomic mass is 9.80. The van der Waals surface area contributed by atoms with Crippen LogP contribution in [0.15, 0.2) is 60.7 Å². The first kappa shape index (κ1) is 20.5. The van der Waals surface area contributed by atoms with E-state index < -0.39 is 0 Å². The molecule has 2 aromatic carbocycles. The number of para-hydroxylation sites is 1. The third-order valence-electron chi connectivity index (χ3n) is 6.55. The highest BCUT2D eigenvalue weighted by Crippen LogP contribution is 2.33. The van der Waals surface area contributed by atoms with Gasteiger partial charge in [-0.1, -0.05) is 36.4 Å². The standard InChI is InChI=1S/C25H26N4O3/c1-27-13-14-28(22-12-5-2-7-18(22)16-27)24(31)17-8-6-9-19(15-17)29-25(32)21-11-4-3-10-20(21)23(30)26-29/h2-9,12,15,20-21H,10-11,13-14,16H2,1H3,(H,26,30). The Hall–Kier alpha value is -3.45. The second kappa shape index (κ2) is 8.24. The minimum absolute atomic E-state index is 0.121. The number of benzene rings is 2. The van der Waals surface area contributed by atoms with Crippen LogP contribution in [0.1, 0.15) is 28.8 Å². The summed E-state index contributed by atoms with van der Waals surface area (Å²) in [5, 5.41) is 1.31. The van der Waals surface area contributed by atoms with Crippen molar-refractivity contribution in [3.63, 3.8) is 0 Å². The maximum atomic E-state index is 13.5. The molecule has 0 spiro atoms. The van der Waals surface area contributed by atoms with Crippen molar-refractivity contribution in [3.8, 4) is 0 Å². The maximum Gasteiger partial charge on any atom is 0.258 e. The van der Waals surface area contributed by atoms with Gasteiger partial charge in [0.1, 0.15) is 0 Å². The fourth-order valence-corrected chi connectivity index (χ4v) is 4.80. The average Bonchev–Trinajstić information content (AvgIpc) is 2.99. The van der Waals surface area contributed by atoms with Gasteiger partial charge in [-0.15, -0.1) is 0 Å². The van der Waals surface area contributed by atoms with Crippen LogP contribution in [0.5, 0.6) is 0 Å². The predicted molar refractivity (Wildman–Crippen MR) is 122 cm³/mol. The molecule has 0 aromatic heterocycles. The molecule has 0 radical (unpaired) electrons. The number of hydrazine groups is 1. The maximum absolute atomic E-state index is 13.5. The van der Waals surface area contributed by atoms with E-state index in [1.807, 2.05) is 43.5 Å². The molecule has 1 aliphatic carbocycles. The van der Waals surface area contributed by atoms with Crippen LogP contribution in [0.4, 0.5) is 11.4 Å². The van der Waals surface area contributed by atoms with E-state index in [0.29, 0.717) is 30.6 Å². The van der Waals surface area contributed by atoms with Crippen LogP contribution in [0, 0.1) is 11.8 Å². The summed E-state index contributed by atoms with van der Waals surface area (Å²) in [6.07, 6.45) is 5.06. The SMILES string of the molecule is CN1CCN(C(=O)c2cccc(N3NC(=O)C4CC=CCC4C3=O)c2)c2ccccc2C1. The number of allylic oxidation sites excluding steroid dienone is 2. The zero-order chi connectivity index (χ0) is 22.2. The molecule has 2 heterocycles. The highest BCUT2D eigenvalue weighted by atomic mass is 16.2. The molecular weight excluding hydrogens is 404 g/mol. The van der Waals surface area contributed by atoms with E-state index in [9.17, 15) is 14.4 Å². The summed E-state index contributed by atoms with van der Waals surface area (Å²) in [6.45, 7) is 2.12. The van der Waals surface area contributed by atoms with Gasteiger partial charge in [-0.25, -0.2) is 5.01 Å². The van der Waals surface area contributed by atoms with Crippen LogP contribution in [-0.4, -0.2) is 42.8 Å². The summed E-state index contributed by atoms with van der Waals surface area (Å²) in [4.78, 5) is 43.3. The van der Waals surface area contributed by atoms with Crippen molar-refractivity contribution in [2.75, 3.05) is 30.0 Å². The van der Waals surface area contributed by atoms with Crippen LogP contribution < -0.4 is 15.3 Å². The van der Waals surface area contributed by atoms with Crippen LogP contribution >= 0.6 is 0 Å². The van der Waals surface area contributed by atoms with E-state index in [0.717, 1.165) is 24.3 Å². The van der Waals surface area contributed by atoms with Crippen molar-refractivity contribution in [1.29, 1.82) is 0 Å². The molecule has 32 heavy (non-hydrogen) atoms. The number of rotatable bonds is 2. The molecular formula is C25H26N4O3. The lowest BCUT2D eigenvalue weighted by molar-refractivity contribution is -0.139. The summed E-state index contributed by atoms with van der Waals surface area (Å²) in [5.41, 5.74) is 5.73. The van der Waals surface area contributed by atoms with Gasteiger partial charge in [0.2, 0.25) is 11.8 Å². The van der Waals surface area contributed by atoms with Gasteiger partial charge in [0, 0.05) is 30.9 Å². The normalized spacial score (nSPS) is 23.3. The van der Waals surface area contributed by atoms with Gasteiger partial charge in [0.15, 0.2) is 0 Å². The van der Waals surface area contributed by atoms with E-state index in [4.69, 9.17) is 0 Å². The van der Waals surface area contributed by atoms with Crippen LogP contribution in [-0.2, 0) is 16.1 Å². The fourth-order valence-electron chi connectivity index (χ4n) is 4.80. The van der Waals surface area contributed by atoms with Crippen LogP contribution in [0.3, 0.4) is 0 Å². The first-order chi connectivity index (χ1) is 15.5. The third kappa shape index (κ3) is 3.58. The molecule has 0 bridgehead atoms. The van der Waals surface area contributed by atoms with Crippen molar-refractivity contribution in [1.82, 2.24) is 10.3 Å². The Bertz CT molecular complexity index is 1110. The largest absolute Gasteiger partial charge is 0.307 e. The highest BCUT2D eigenvalue weighted by molar-refractivity contribution is 6.08. The molecule has 164 valence electrons. The number of nitrogens with one attached hydrogen (secondary N) is 1. The second-order valence-corrected chi connectivity index (χ2v) is 8.68. The Morgan fingerprint density at radius 1 is 0.969 bits per heavy atom. The Balaban J connectivity index is 1.45. The first-order valence-electron chi connectivity index (χ1n) is 11.0. The molecule has 1 N–H and O–H groups in total. The lowest BCUT2D eigenvalue weighted by Crippen LogP contribution is -2.59. The van der Waals surface area contributed by atoms with Gasteiger partial charge >= 0.3 is 0 Å². The van der Waals surface area contributed by atoms with Gasteiger partial charge in [0.25, 0.3) is 5.91 Å². The minimum atomic E-state index is -0.360. The van der Waals surface area contributed by atoms with Gasteiger partial charge in [-0.05, 0) is 49.7 Å². The number of anilines is 2. The first-order valence-corrected chi connectivity index (χ1v) is 11.0. The number of hydrogen-bond acceptors (Lipinski definition) is 4. The van der Waals surface area contributed by atoms with E-state index in [2.05, 4.69) is 10.3 Å². The van der Waals surface area contributed by atoms with Crippen molar-refractivity contribution in [3.05, 3.63) is 71.8 Å². The summed E-state index contributed by atoms with van der Waals surface area (Å²) in [6, 6.07) is 14.9. The zero-order valence-electron chi connectivity index (χ0n) is 18.0. The molecule has 5 rings (SSSR count). The molecule has 2 aromatic rings. The molecule has 3 aliphatic rings. The molecule has 2 aliphatic heterocycles. The number of carbonyl (C=O) groups excluding carboxylic acids is 3. The topological polar surface area (TPSA) is 73.0 Å². The minimum Gasteiger partial charge on any atom is -0.307 e. The van der Waals surface area contributed by atoms with E-state index in [-0.39, 0.29) is 29.6 Å². The summed E-state index contributed by atoms with van der Waals surface area (Å²) >= 11 is 0. The molecule has 3 amide bonds. The second-order valence-electron chi connectivity index (χ2n) is 8.68. The number of carbonyl (C=O) groups is 3. The van der Waals surface area contributed by atoms with Crippen molar-refractivity contribution in [2.45, 2.75) is 19.4 Å². The summed E-state index contributed by atoms with van der Waals surface area (Å²) < 4.78 is 0. The van der Waals surface area contributed by atoms with Crippen molar-refractivity contribution >= 4 is 29.1 Å². The van der Waals surface area contributed by atoms with E-state index in [1.165, 1.54) is 5.01 Å². The molecule has 7 heteroatoms. The van der Waals surface area contributed by atoms with E-state index in [1.54, 1.807) is 29.2 Å². The molecule has 7 nitrogen and oxygen atoms in total. The van der Waals surface area contributed by atoms with Gasteiger partial charge < -0.3 is 9.80 Å². The Kier molecular flexibility index (Phi) is 5.27. The molecule has 2 unspecified atom stereocenters. The number of likely N-dealkylation sites (N-methyl/N-ethyl adjacent to an activating group) is 1. The smallest absolute Gasteiger partial charge is 0.258 e.